The Morgan fingerprint density at radius 2 is 2.12 bits per heavy atom. The number of hydrogen-bond donors (Lipinski definition) is 1. The highest BCUT2D eigenvalue weighted by Crippen LogP contribution is 2.08. The lowest BCUT2D eigenvalue weighted by Crippen LogP contribution is -2.28. The van der Waals surface area contributed by atoms with Gasteiger partial charge in [-0.2, -0.15) is 0 Å². The first kappa shape index (κ1) is 13.1. The number of rotatable bonds is 6. The van der Waals surface area contributed by atoms with E-state index in [4.69, 9.17) is 0 Å². The van der Waals surface area contributed by atoms with Gasteiger partial charge < -0.3 is 10.2 Å². The van der Waals surface area contributed by atoms with Gasteiger partial charge in [-0.3, -0.25) is 0 Å². The van der Waals surface area contributed by atoms with E-state index in [-0.39, 0.29) is 5.82 Å². The zero-order valence-corrected chi connectivity index (χ0v) is 10.4. The van der Waals surface area contributed by atoms with Crippen LogP contribution in [0.4, 0.5) is 4.39 Å². The second kappa shape index (κ2) is 6.61. The molecule has 90 valence electrons. The molecule has 0 aliphatic rings. The number of benzene rings is 1. The summed E-state index contributed by atoms with van der Waals surface area (Å²) >= 11 is 0. The summed E-state index contributed by atoms with van der Waals surface area (Å²) in [5.41, 5.74) is 1.85. The summed E-state index contributed by atoms with van der Waals surface area (Å²) in [6.07, 6.45) is 0. The van der Waals surface area contributed by atoms with E-state index >= 15 is 0 Å². The van der Waals surface area contributed by atoms with Crippen molar-refractivity contribution in [2.75, 3.05) is 26.7 Å². The van der Waals surface area contributed by atoms with Gasteiger partial charge in [0, 0.05) is 19.6 Å². The molecule has 1 N–H and O–H groups in total. The van der Waals surface area contributed by atoms with Gasteiger partial charge in [-0.25, -0.2) is 4.39 Å². The molecule has 1 rings (SSSR count). The maximum Gasteiger partial charge on any atom is 0.126 e. The SMILES string of the molecule is CCN(C)CCNCc1ccc(F)c(C)c1. The summed E-state index contributed by atoms with van der Waals surface area (Å²) in [6, 6.07) is 5.26. The molecule has 0 atom stereocenters. The normalized spacial score (nSPS) is 11.1. The van der Waals surface area contributed by atoms with Crippen molar-refractivity contribution in [1.82, 2.24) is 10.2 Å². The molecule has 0 amide bonds. The molecule has 16 heavy (non-hydrogen) atoms. The topological polar surface area (TPSA) is 15.3 Å². The Bertz CT molecular complexity index is 326. The van der Waals surface area contributed by atoms with Gasteiger partial charge in [0.05, 0.1) is 0 Å². The van der Waals surface area contributed by atoms with E-state index in [0.717, 1.165) is 31.7 Å². The Morgan fingerprint density at radius 1 is 1.38 bits per heavy atom. The van der Waals surface area contributed by atoms with Crippen LogP contribution in [0.15, 0.2) is 18.2 Å². The molecular weight excluding hydrogens is 203 g/mol. The van der Waals surface area contributed by atoms with Crippen molar-refractivity contribution in [2.45, 2.75) is 20.4 Å². The van der Waals surface area contributed by atoms with Gasteiger partial charge >= 0.3 is 0 Å². The van der Waals surface area contributed by atoms with Crippen molar-refractivity contribution in [3.8, 4) is 0 Å². The number of halogens is 1. The zero-order chi connectivity index (χ0) is 12.0. The van der Waals surface area contributed by atoms with Crippen LogP contribution in [0.3, 0.4) is 0 Å². The number of hydrogen-bond acceptors (Lipinski definition) is 2. The quantitative estimate of drug-likeness (QED) is 0.745. The molecule has 0 spiro atoms. The molecule has 0 saturated heterocycles. The summed E-state index contributed by atoms with van der Waals surface area (Å²) < 4.78 is 13.0. The summed E-state index contributed by atoms with van der Waals surface area (Å²) in [6.45, 7) is 7.81. The first-order valence-corrected chi connectivity index (χ1v) is 5.77. The minimum atomic E-state index is -0.130. The summed E-state index contributed by atoms with van der Waals surface area (Å²) in [7, 11) is 2.10. The average Bonchev–Trinajstić information content (AvgIpc) is 2.28. The van der Waals surface area contributed by atoms with Gasteiger partial charge in [-0.1, -0.05) is 19.1 Å². The second-order valence-corrected chi connectivity index (χ2v) is 4.16. The molecule has 0 aromatic heterocycles. The maximum absolute atomic E-state index is 13.0. The lowest BCUT2D eigenvalue weighted by Gasteiger charge is -2.14. The molecule has 0 unspecified atom stereocenters. The van der Waals surface area contributed by atoms with Gasteiger partial charge in [-0.15, -0.1) is 0 Å². The van der Waals surface area contributed by atoms with Crippen LogP contribution in [-0.2, 0) is 6.54 Å². The largest absolute Gasteiger partial charge is 0.311 e. The number of nitrogens with one attached hydrogen (secondary N) is 1. The third kappa shape index (κ3) is 4.29. The molecule has 2 nitrogen and oxygen atoms in total. The highest BCUT2D eigenvalue weighted by Gasteiger charge is 1.99. The Labute approximate surface area is 97.5 Å². The maximum atomic E-state index is 13.0. The monoisotopic (exact) mass is 224 g/mol. The molecule has 0 fully saturated rings. The predicted molar refractivity (Wildman–Crippen MR) is 66.0 cm³/mol. The fourth-order valence-electron chi connectivity index (χ4n) is 1.48. The molecule has 1 aromatic rings. The molecule has 0 heterocycles. The van der Waals surface area contributed by atoms with E-state index in [2.05, 4.69) is 24.2 Å². The van der Waals surface area contributed by atoms with E-state index in [0.29, 0.717) is 5.56 Å². The smallest absolute Gasteiger partial charge is 0.126 e. The van der Waals surface area contributed by atoms with Crippen LogP contribution < -0.4 is 5.32 Å². The van der Waals surface area contributed by atoms with E-state index in [1.165, 1.54) is 6.07 Å². The molecule has 0 bridgehead atoms. The fourth-order valence-corrected chi connectivity index (χ4v) is 1.48. The van der Waals surface area contributed by atoms with Crippen LogP contribution in [0.25, 0.3) is 0 Å². The average molecular weight is 224 g/mol. The van der Waals surface area contributed by atoms with Crippen LogP contribution in [0.2, 0.25) is 0 Å². The Hall–Kier alpha value is -0.930. The second-order valence-electron chi connectivity index (χ2n) is 4.16. The summed E-state index contributed by atoms with van der Waals surface area (Å²) in [4.78, 5) is 2.25. The summed E-state index contributed by atoms with van der Waals surface area (Å²) in [5, 5.41) is 3.35. The standard InChI is InChI=1S/C13H21FN2/c1-4-16(3)8-7-15-10-12-5-6-13(14)11(2)9-12/h5-6,9,15H,4,7-8,10H2,1-3H3. The molecular formula is C13H21FN2. The van der Waals surface area contributed by atoms with Crippen molar-refractivity contribution in [2.24, 2.45) is 0 Å². The van der Waals surface area contributed by atoms with Crippen molar-refractivity contribution >= 4 is 0 Å². The number of nitrogens with zero attached hydrogens (tertiary/aromatic N) is 1. The van der Waals surface area contributed by atoms with Crippen LogP contribution in [0.5, 0.6) is 0 Å². The molecule has 0 aliphatic carbocycles. The van der Waals surface area contributed by atoms with Crippen LogP contribution >= 0.6 is 0 Å². The Kier molecular flexibility index (Phi) is 5.43. The fraction of sp³-hybridized carbons (Fsp3) is 0.538. The van der Waals surface area contributed by atoms with E-state index in [1.807, 2.05) is 12.1 Å². The first-order valence-electron chi connectivity index (χ1n) is 5.77. The van der Waals surface area contributed by atoms with Gasteiger partial charge in [0.2, 0.25) is 0 Å². The highest BCUT2D eigenvalue weighted by atomic mass is 19.1. The predicted octanol–water partition coefficient (Wildman–Crippen LogP) is 2.18. The molecule has 0 radical (unpaired) electrons. The van der Waals surface area contributed by atoms with Crippen molar-refractivity contribution in [3.05, 3.63) is 35.1 Å². The molecule has 3 heteroatoms. The minimum Gasteiger partial charge on any atom is -0.311 e. The first-order chi connectivity index (χ1) is 7.63. The van der Waals surface area contributed by atoms with Gasteiger partial charge in [0.25, 0.3) is 0 Å². The van der Waals surface area contributed by atoms with Crippen LogP contribution in [0, 0.1) is 12.7 Å². The molecule has 0 saturated carbocycles. The van der Waals surface area contributed by atoms with Crippen LogP contribution in [-0.4, -0.2) is 31.6 Å². The zero-order valence-electron chi connectivity index (χ0n) is 10.4. The van der Waals surface area contributed by atoms with Crippen molar-refractivity contribution in [3.63, 3.8) is 0 Å². The minimum absolute atomic E-state index is 0.130. The molecule has 0 aliphatic heterocycles. The number of aryl methyl sites for hydroxylation is 1. The lowest BCUT2D eigenvalue weighted by molar-refractivity contribution is 0.349. The van der Waals surface area contributed by atoms with Crippen molar-refractivity contribution < 1.29 is 4.39 Å². The molecule has 1 aromatic carbocycles. The third-order valence-corrected chi connectivity index (χ3v) is 2.76. The number of likely N-dealkylation sites (N-methyl/N-ethyl adjacent to an activating group) is 1. The lowest BCUT2D eigenvalue weighted by atomic mass is 10.1. The Morgan fingerprint density at radius 3 is 2.75 bits per heavy atom. The third-order valence-electron chi connectivity index (χ3n) is 2.76. The van der Waals surface area contributed by atoms with E-state index in [9.17, 15) is 4.39 Å². The Balaban J connectivity index is 2.29. The van der Waals surface area contributed by atoms with E-state index < -0.39 is 0 Å². The highest BCUT2D eigenvalue weighted by molar-refractivity contribution is 5.23. The summed E-state index contributed by atoms with van der Waals surface area (Å²) in [5.74, 6) is -0.130. The van der Waals surface area contributed by atoms with Crippen LogP contribution in [0.1, 0.15) is 18.1 Å². The van der Waals surface area contributed by atoms with E-state index in [1.54, 1.807) is 6.92 Å². The van der Waals surface area contributed by atoms with Gasteiger partial charge in [0.15, 0.2) is 0 Å². The van der Waals surface area contributed by atoms with Gasteiger partial charge in [0.1, 0.15) is 5.82 Å². The van der Waals surface area contributed by atoms with Gasteiger partial charge in [-0.05, 0) is 37.7 Å². The van der Waals surface area contributed by atoms with Crippen molar-refractivity contribution in [1.29, 1.82) is 0 Å².